The molecule has 19 nitrogen and oxygen atoms in total. The molecule has 0 saturated carbocycles. The van der Waals surface area contributed by atoms with Crippen molar-refractivity contribution in [1.29, 1.82) is 0 Å². The van der Waals surface area contributed by atoms with Crippen molar-refractivity contribution in [1.82, 2.24) is 40.6 Å². The highest BCUT2D eigenvalue weighted by molar-refractivity contribution is 7.15. The number of hydrogen-bond donors (Lipinski definition) is 3. The molecule has 4 amide bonds. The minimum absolute atomic E-state index is 0.0100. The number of rotatable bonds is 36. The zero-order valence-corrected chi connectivity index (χ0v) is 59.8. The Balaban J connectivity index is 0.811. The first-order chi connectivity index (χ1) is 43.8. The van der Waals surface area contributed by atoms with E-state index in [1.807, 2.05) is 93.2 Å². The summed E-state index contributed by atoms with van der Waals surface area (Å²) in [6, 6.07) is 12.9. The molecule has 3 aromatic heterocycles. The summed E-state index contributed by atoms with van der Waals surface area (Å²) in [5.41, 5.74) is 7.68. The zero-order chi connectivity index (χ0) is 66.6. The average molecular weight is 1340 g/mol. The number of amides is 4. The molecule has 504 valence electrons. The monoisotopic (exact) mass is 1340 g/mol. The highest BCUT2D eigenvalue weighted by Gasteiger charge is 2.46. The molecule has 2 aliphatic rings. The van der Waals surface area contributed by atoms with Gasteiger partial charge < -0.3 is 44.2 Å². The van der Waals surface area contributed by atoms with Crippen molar-refractivity contribution >= 4 is 77.9 Å². The molecule has 0 radical (unpaired) electrons. The van der Waals surface area contributed by atoms with E-state index >= 15 is 0 Å². The Morgan fingerprint density at radius 3 is 1.99 bits per heavy atom. The quantitative estimate of drug-likeness (QED) is 0.0193. The number of likely N-dealkylation sites (tertiary alicyclic amines) is 1. The lowest BCUT2D eigenvalue weighted by Crippen LogP contribution is -2.58. The summed E-state index contributed by atoms with van der Waals surface area (Å²) < 4.78 is 31.4. The van der Waals surface area contributed by atoms with Crippen LogP contribution in [0.5, 0.6) is 0 Å². The van der Waals surface area contributed by atoms with E-state index in [0.717, 1.165) is 86.3 Å². The van der Waals surface area contributed by atoms with Crippen molar-refractivity contribution in [3.8, 4) is 15.4 Å². The maximum atomic E-state index is 14.7. The molecule has 1 saturated heterocycles. The number of aryl methyl sites for hydroxylation is 3. The van der Waals surface area contributed by atoms with E-state index in [2.05, 4.69) is 78.8 Å². The number of ether oxygens (including phenoxy) is 4. The Kier molecular flexibility index (Phi) is 28.1. The Labute approximate surface area is 559 Å². The predicted molar refractivity (Wildman–Crippen MR) is 367 cm³/mol. The topological polar surface area (TPSA) is 227 Å². The van der Waals surface area contributed by atoms with E-state index in [4.69, 9.17) is 40.0 Å². The van der Waals surface area contributed by atoms with E-state index < -0.39 is 49.8 Å². The molecular weight excluding hydrogens is 1240 g/mol. The Bertz CT molecular complexity index is 3240. The van der Waals surface area contributed by atoms with Crippen molar-refractivity contribution in [3.05, 3.63) is 104 Å². The number of nitrogens with one attached hydrogen (secondary N) is 3. The van der Waals surface area contributed by atoms with Crippen LogP contribution in [0.4, 0.5) is 0 Å². The second-order valence-corrected chi connectivity index (χ2v) is 34.2. The molecular formula is C69H100ClN9O10S2Si. The molecule has 0 spiro atoms. The van der Waals surface area contributed by atoms with Gasteiger partial charge in [0.15, 0.2) is 14.1 Å². The van der Waals surface area contributed by atoms with Crippen molar-refractivity contribution < 1.29 is 47.3 Å². The van der Waals surface area contributed by atoms with Crippen LogP contribution in [0, 0.1) is 33.1 Å². The lowest BCUT2D eigenvalue weighted by atomic mass is 9.85. The fraction of sp³-hybridized carbons (Fsp3) is 0.609. The molecule has 2 aromatic carbocycles. The lowest BCUT2D eigenvalue weighted by molar-refractivity contribution is -0.150. The van der Waals surface area contributed by atoms with Gasteiger partial charge in [0.25, 0.3) is 0 Å². The number of fused-ring (bicyclic) bond motifs is 3. The number of halogens is 1. The van der Waals surface area contributed by atoms with Crippen LogP contribution in [0.15, 0.2) is 59.0 Å². The molecule has 0 bridgehead atoms. The van der Waals surface area contributed by atoms with Crippen molar-refractivity contribution in [2.24, 2.45) is 10.4 Å². The van der Waals surface area contributed by atoms with Crippen LogP contribution in [0.2, 0.25) is 23.2 Å². The number of carbonyl (C=O) groups excluding carboxylic acids is 5. The number of aromatic nitrogens is 4. The summed E-state index contributed by atoms with van der Waals surface area (Å²) in [6.45, 7) is 27.2. The van der Waals surface area contributed by atoms with Gasteiger partial charge in [0.1, 0.15) is 41.7 Å². The SMILES string of the molecule is Cc1ncsc1-c1ccc(CNC(=O)[C@@H]2C[C@@H](OC(=O)CCCCCCCCCCCCCO[Si](C)(C)C(C)(C)C)CN2C(=O)[C@@H](NC(=O)COCCOCCOCCNC(=O)C[C@@H]2N=C(c3ccc(Cl)cc3)c3c(sc(C)c3C)-n3c(C)nnc32)C(C)(C)C)cc1. The number of esters is 1. The number of aliphatic imine (C=N–C) groups is 1. The second kappa shape index (κ2) is 35.1. The third kappa shape index (κ3) is 21.4. The third-order valence-corrected chi connectivity index (χ3v) is 24.5. The van der Waals surface area contributed by atoms with Crippen LogP contribution >= 0.6 is 34.3 Å². The number of benzene rings is 2. The van der Waals surface area contributed by atoms with Gasteiger partial charge in [-0.2, -0.15) is 0 Å². The standard InChI is InChI=1S/C69H100ClN9O10S2Si/c1-46-48(3)91-67-60(46)61(51-29-31-53(70)32-30-51)74-55(64-77-76-49(4)79(64)67)41-57(80)71-33-35-85-36-37-86-38-39-87-44-58(81)75-63(68(5,6)7)66(84)78-43-54(40-56(78)65(83)72-42-50-25-27-52(28-26-50)62-47(2)73-45-90-62)89-59(82)24-22-20-18-16-14-13-15-17-19-21-23-34-88-92(11,12)69(8,9)10/h25-32,45,54-56,63H,13-24,33-44H2,1-12H3,(H,71,80)(H,72,83)(H,75,81)/t54-,55+,56+,63-/m1/s1. The summed E-state index contributed by atoms with van der Waals surface area (Å²) in [5.74, 6) is -0.589. The molecule has 4 atom stereocenters. The van der Waals surface area contributed by atoms with Gasteiger partial charge in [-0.1, -0.05) is 147 Å². The number of thiazole rings is 1. The molecule has 0 unspecified atom stereocenters. The van der Waals surface area contributed by atoms with Crippen LogP contribution in [-0.2, 0) is 53.9 Å². The summed E-state index contributed by atoms with van der Waals surface area (Å²) in [5, 5.41) is 19.6. The van der Waals surface area contributed by atoms with Gasteiger partial charge in [0.2, 0.25) is 23.6 Å². The first-order valence-electron chi connectivity index (χ1n) is 32.9. The Hall–Kier alpha value is -5.72. The summed E-state index contributed by atoms with van der Waals surface area (Å²) in [7, 11) is -1.67. The van der Waals surface area contributed by atoms with Gasteiger partial charge in [-0.25, -0.2) is 4.98 Å². The van der Waals surface area contributed by atoms with Gasteiger partial charge in [-0.15, -0.1) is 32.9 Å². The largest absolute Gasteiger partial charge is 0.460 e. The van der Waals surface area contributed by atoms with E-state index in [9.17, 15) is 24.0 Å². The summed E-state index contributed by atoms with van der Waals surface area (Å²) in [6.07, 6.45) is 12.1. The highest BCUT2D eigenvalue weighted by atomic mass is 35.5. The first kappa shape index (κ1) is 73.7. The third-order valence-electron chi connectivity index (χ3n) is 17.6. The molecule has 2 aliphatic heterocycles. The number of nitrogens with zero attached hydrogens (tertiary/aromatic N) is 6. The fourth-order valence-electron chi connectivity index (χ4n) is 11.1. The van der Waals surface area contributed by atoms with Crippen LogP contribution in [0.3, 0.4) is 0 Å². The van der Waals surface area contributed by atoms with Gasteiger partial charge in [-0.3, -0.25) is 33.5 Å². The molecule has 0 aliphatic carbocycles. The minimum atomic E-state index is -1.67. The van der Waals surface area contributed by atoms with Gasteiger partial charge in [0.05, 0.1) is 67.8 Å². The molecule has 23 heteroatoms. The zero-order valence-electron chi connectivity index (χ0n) is 56.4. The van der Waals surface area contributed by atoms with E-state index in [0.29, 0.717) is 23.1 Å². The smallest absolute Gasteiger partial charge is 0.306 e. The number of unbranched alkanes of at least 4 members (excludes halogenated alkanes) is 10. The van der Waals surface area contributed by atoms with E-state index in [-0.39, 0.29) is 101 Å². The van der Waals surface area contributed by atoms with E-state index in [1.165, 1.54) is 43.4 Å². The Morgan fingerprint density at radius 1 is 0.739 bits per heavy atom. The van der Waals surface area contributed by atoms with Gasteiger partial charge >= 0.3 is 5.97 Å². The van der Waals surface area contributed by atoms with Crippen LogP contribution < -0.4 is 16.0 Å². The molecule has 7 rings (SSSR count). The Morgan fingerprint density at radius 2 is 1.36 bits per heavy atom. The molecule has 3 N–H and O–H groups in total. The lowest BCUT2D eigenvalue weighted by Gasteiger charge is -2.36. The van der Waals surface area contributed by atoms with Gasteiger partial charge in [0, 0.05) is 53.6 Å². The highest BCUT2D eigenvalue weighted by Crippen LogP contribution is 2.40. The number of hydrogen-bond acceptors (Lipinski definition) is 16. The maximum Gasteiger partial charge on any atom is 0.306 e. The molecule has 92 heavy (non-hydrogen) atoms. The van der Waals surface area contributed by atoms with Crippen LogP contribution in [0.25, 0.3) is 15.4 Å². The van der Waals surface area contributed by atoms with E-state index in [1.54, 1.807) is 22.7 Å². The minimum Gasteiger partial charge on any atom is -0.460 e. The van der Waals surface area contributed by atoms with Crippen LogP contribution in [-0.4, -0.2) is 146 Å². The second-order valence-electron chi connectivity index (χ2n) is 26.9. The number of carbonyl (C=O) groups is 5. The van der Waals surface area contributed by atoms with Crippen molar-refractivity contribution in [2.45, 2.75) is 208 Å². The number of thiophene rings is 1. The van der Waals surface area contributed by atoms with Crippen molar-refractivity contribution in [2.75, 3.05) is 59.3 Å². The molecule has 1 fully saturated rings. The first-order valence-corrected chi connectivity index (χ1v) is 37.9. The molecule has 5 aromatic rings. The predicted octanol–water partition coefficient (Wildman–Crippen LogP) is 12.9. The van der Waals surface area contributed by atoms with Gasteiger partial charge in [-0.05, 0) is 92.9 Å². The summed E-state index contributed by atoms with van der Waals surface area (Å²) in [4.78, 5) is 82.3. The normalized spacial score (nSPS) is 16.2. The van der Waals surface area contributed by atoms with Crippen molar-refractivity contribution in [3.63, 3.8) is 0 Å². The fourth-order valence-corrected chi connectivity index (χ4v) is 14.3. The average Bonchev–Trinajstić information content (AvgIpc) is 1.59. The van der Waals surface area contributed by atoms with Crippen LogP contribution in [0.1, 0.15) is 182 Å². The summed E-state index contributed by atoms with van der Waals surface area (Å²) >= 11 is 9.49. The maximum absolute atomic E-state index is 14.7. The molecule has 5 heterocycles.